The zero-order valence-corrected chi connectivity index (χ0v) is 9.15. The molecule has 8 nitrogen and oxygen atoms in total. The number of carboxylic acids is 1. The van der Waals surface area contributed by atoms with Crippen LogP contribution in [0.4, 0.5) is 0 Å². The molecule has 16 heavy (non-hydrogen) atoms. The number of nitrogens with two attached hydrogens (primary N) is 3. The molecule has 0 fully saturated rings. The van der Waals surface area contributed by atoms with E-state index in [-0.39, 0.29) is 12.6 Å². The number of nitrogens with one attached hydrogen (secondary N) is 2. The van der Waals surface area contributed by atoms with Crippen molar-refractivity contribution in [2.75, 3.05) is 19.7 Å². The molecule has 0 unspecified atom stereocenters. The molecule has 0 heterocycles. The summed E-state index contributed by atoms with van der Waals surface area (Å²) in [5.74, 6) is -1.11. The van der Waals surface area contributed by atoms with Crippen LogP contribution in [0.2, 0.25) is 0 Å². The van der Waals surface area contributed by atoms with Gasteiger partial charge >= 0.3 is 5.97 Å². The molecular formula is C8H21N5O3. The molecule has 0 aromatic heterocycles. The van der Waals surface area contributed by atoms with E-state index in [1.807, 2.05) is 0 Å². The minimum atomic E-state index is -1.00. The van der Waals surface area contributed by atoms with Crippen molar-refractivity contribution in [3.05, 3.63) is 0 Å². The van der Waals surface area contributed by atoms with E-state index in [0.717, 1.165) is 0 Å². The van der Waals surface area contributed by atoms with E-state index >= 15 is 0 Å². The molecule has 0 aromatic carbocycles. The van der Waals surface area contributed by atoms with Gasteiger partial charge in [0, 0.05) is 13.1 Å². The van der Waals surface area contributed by atoms with Gasteiger partial charge in [0.1, 0.15) is 6.04 Å². The van der Waals surface area contributed by atoms with Crippen LogP contribution in [0.15, 0.2) is 0 Å². The number of guanidine groups is 1. The second-order valence-electron chi connectivity index (χ2n) is 2.94. The molecule has 0 aliphatic rings. The summed E-state index contributed by atoms with van der Waals surface area (Å²) in [6.07, 6.45) is 0.975. The Labute approximate surface area is 94.3 Å². The van der Waals surface area contributed by atoms with Gasteiger partial charge in [0.05, 0.1) is 6.61 Å². The van der Waals surface area contributed by atoms with E-state index in [2.05, 4.69) is 5.32 Å². The smallest absolute Gasteiger partial charge is 0.320 e. The lowest BCUT2D eigenvalue weighted by molar-refractivity contribution is -0.138. The zero-order chi connectivity index (χ0) is 13.0. The number of hydrogen-bond acceptors (Lipinski definition) is 5. The average molecular weight is 235 g/mol. The summed E-state index contributed by atoms with van der Waals surface area (Å²) in [4.78, 5) is 10.2. The molecular weight excluding hydrogens is 214 g/mol. The number of rotatable bonds is 6. The summed E-state index contributed by atoms with van der Waals surface area (Å²) >= 11 is 0. The van der Waals surface area contributed by atoms with Crippen LogP contribution in [0.3, 0.4) is 0 Å². The van der Waals surface area contributed by atoms with Gasteiger partial charge in [-0.2, -0.15) is 0 Å². The fourth-order valence-corrected chi connectivity index (χ4v) is 0.669. The first-order valence-corrected chi connectivity index (χ1v) is 4.82. The lowest BCUT2D eigenvalue weighted by Crippen LogP contribution is -2.34. The molecule has 0 aliphatic carbocycles. The second kappa shape index (κ2) is 11.7. The van der Waals surface area contributed by atoms with E-state index < -0.39 is 12.0 Å². The molecule has 0 saturated heterocycles. The molecule has 0 bridgehead atoms. The van der Waals surface area contributed by atoms with E-state index in [9.17, 15) is 4.79 Å². The lowest BCUT2D eigenvalue weighted by atomic mass is 10.2. The summed E-state index contributed by atoms with van der Waals surface area (Å²) in [5, 5.41) is 25.5. The first kappa shape index (κ1) is 17.0. The molecule has 0 aliphatic heterocycles. The lowest BCUT2D eigenvalue weighted by Gasteiger charge is -2.06. The Hall–Kier alpha value is -1.38. The van der Waals surface area contributed by atoms with Crippen molar-refractivity contribution in [1.82, 2.24) is 5.32 Å². The van der Waals surface area contributed by atoms with E-state index in [0.29, 0.717) is 25.9 Å². The van der Waals surface area contributed by atoms with Gasteiger partial charge in [-0.1, -0.05) is 0 Å². The molecule has 1 atom stereocenters. The van der Waals surface area contributed by atoms with Crippen molar-refractivity contribution in [3.63, 3.8) is 0 Å². The molecule has 0 radical (unpaired) electrons. The van der Waals surface area contributed by atoms with E-state index in [1.165, 1.54) is 0 Å². The average Bonchev–Trinajstić information content (AvgIpc) is 2.24. The molecule has 0 rings (SSSR count). The van der Waals surface area contributed by atoms with Crippen molar-refractivity contribution in [2.24, 2.45) is 17.2 Å². The Balaban J connectivity index is 0. The third kappa shape index (κ3) is 15.1. The van der Waals surface area contributed by atoms with Crippen LogP contribution >= 0.6 is 0 Å². The first-order valence-electron chi connectivity index (χ1n) is 4.82. The Kier molecular flexibility index (Phi) is 12.4. The highest BCUT2D eigenvalue weighted by Gasteiger charge is 2.09. The summed E-state index contributed by atoms with van der Waals surface area (Å²) in [5.41, 5.74) is 15.0. The Morgan fingerprint density at radius 3 is 2.31 bits per heavy atom. The van der Waals surface area contributed by atoms with Crippen LogP contribution in [0.1, 0.15) is 12.8 Å². The predicted molar refractivity (Wildman–Crippen MR) is 60.9 cm³/mol. The largest absolute Gasteiger partial charge is 0.480 e. The predicted octanol–water partition coefficient (Wildman–Crippen LogP) is -2.40. The molecule has 96 valence electrons. The van der Waals surface area contributed by atoms with Crippen LogP contribution < -0.4 is 22.5 Å². The first-order chi connectivity index (χ1) is 7.45. The number of carbonyl (C=O) groups is 1. The summed E-state index contributed by atoms with van der Waals surface area (Å²) < 4.78 is 0. The third-order valence-corrected chi connectivity index (χ3v) is 1.45. The SMILES string of the molecule is N=C(N)NCCC[C@H](N)C(=O)O.NCCO. The van der Waals surface area contributed by atoms with Crippen molar-refractivity contribution >= 4 is 11.9 Å². The number of carboxylic acid groups (broad SMARTS) is 1. The van der Waals surface area contributed by atoms with Crippen LogP contribution in [0.5, 0.6) is 0 Å². The summed E-state index contributed by atoms with van der Waals surface area (Å²) in [7, 11) is 0. The van der Waals surface area contributed by atoms with Gasteiger partial charge in [0.2, 0.25) is 0 Å². The maximum atomic E-state index is 10.2. The van der Waals surface area contributed by atoms with E-state index in [4.69, 9.17) is 32.8 Å². The van der Waals surface area contributed by atoms with Crippen LogP contribution in [0, 0.1) is 5.41 Å². The highest BCUT2D eigenvalue weighted by molar-refractivity contribution is 5.74. The molecule has 0 amide bonds. The van der Waals surface area contributed by atoms with Crippen molar-refractivity contribution in [3.8, 4) is 0 Å². The minimum absolute atomic E-state index is 0.0972. The fraction of sp³-hybridized carbons (Fsp3) is 0.750. The topological polar surface area (TPSA) is 171 Å². The van der Waals surface area contributed by atoms with Crippen LogP contribution in [0.25, 0.3) is 0 Å². The molecule has 10 N–H and O–H groups in total. The van der Waals surface area contributed by atoms with Gasteiger partial charge in [-0.05, 0) is 12.8 Å². The van der Waals surface area contributed by atoms with Gasteiger partial charge in [-0.25, -0.2) is 0 Å². The summed E-state index contributed by atoms with van der Waals surface area (Å²) in [6, 6.07) is -0.821. The van der Waals surface area contributed by atoms with Crippen molar-refractivity contribution in [1.29, 1.82) is 5.41 Å². The number of hydrogen-bond donors (Lipinski definition) is 7. The van der Waals surface area contributed by atoms with Gasteiger partial charge < -0.3 is 32.7 Å². The Morgan fingerprint density at radius 1 is 1.50 bits per heavy atom. The Bertz CT molecular complexity index is 198. The standard InChI is InChI=1S/C6H14N4O2.C2H7NO/c7-4(5(11)12)2-1-3-10-6(8)9;3-1-2-4/h4H,1-3,7H2,(H,11,12)(H4,8,9,10);4H,1-3H2/t4-;/m0./s1. The van der Waals surface area contributed by atoms with Crippen LogP contribution in [-0.4, -0.2) is 47.9 Å². The zero-order valence-electron chi connectivity index (χ0n) is 9.15. The molecule has 0 spiro atoms. The minimum Gasteiger partial charge on any atom is -0.480 e. The van der Waals surface area contributed by atoms with Crippen molar-refractivity contribution < 1.29 is 15.0 Å². The number of aliphatic hydroxyl groups excluding tert-OH is 1. The fourth-order valence-electron chi connectivity index (χ4n) is 0.669. The monoisotopic (exact) mass is 235 g/mol. The van der Waals surface area contributed by atoms with Gasteiger partial charge in [0.25, 0.3) is 0 Å². The van der Waals surface area contributed by atoms with Crippen molar-refractivity contribution in [2.45, 2.75) is 18.9 Å². The molecule has 8 heteroatoms. The Morgan fingerprint density at radius 2 is 2.00 bits per heavy atom. The third-order valence-electron chi connectivity index (χ3n) is 1.45. The van der Waals surface area contributed by atoms with Gasteiger partial charge in [-0.15, -0.1) is 0 Å². The highest BCUT2D eigenvalue weighted by Crippen LogP contribution is 1.92. The number of aliphatic hydroxyl groups is 1. The van der Waals surface area contributed by atoms with Gasteiger partial charge in [0.15, 0.2) is 5.96 Å². The molecule has 0 saturated carbocycles. The highest BCUT2D eigenvalue weighted by atomic mass is 16.4. The second-order valence-corrected chi connectivity index (χ2v) is 2.94. The molecule has 0 aromatic rings. The maximum Gasteiger partial charge on any atom is 0.320 e. The normalized spacial score (nSPS) is 10.9. The number of aliphatic carboxylic acids is 1. The quantitative estimate of drug-likeness (QED) is 0.153. The maximum absolute atomic E-state index is 10.2. The van der Waals surface area contributed by atoms with Gasteiger partial charge in [-0.3, -0.25) is 10.2 Å². The van der Waals surface area contributed by atoms with E-state index in [1.54, 1.807) is 0 Å². The summed E-state index contributed by atoms with van der Waals surface area (Å²) in [6.45, 7) is 0.955. The van der Waals surface area contributed by atoms with Crippen LogP contribution in [-0.2, 0) is 4.79 Å².